The molecule has 2 unspecified atom stereocenters. The third-order valence-electron chi connectivity index (χ3n) is 3.38. The zero-order valence-corrected chi connectivity index (χ0v) is 9.55. The maximum Gasteiger partial charge on any atom is 0.00982 e. The van der Waals surface area contributed by atoms with E-state index in [4.69, 9.17) is 0 Å². The summed E-state index contributed by atoms with van der Waals surface area (Å²) >= 11 is 0. The van der Waals surface area contributed by atoms with Crippen molar-refractivity contribution < 1.29 is 0 Å². The predicted molar refractivity (Wildman–Crippen MR) is 59.0 cm³/mol. The molecule has 0 amide bonds. The molecule has 1 nitrogen and oxygen atoms in total. The lowest BCUT2D eigenvalue weighted by molar-refractivity contribution is 0.221. The summed E-state index contributed by atoms with van der Waals surface area (Å²) in [7, 11) is 0. The van der Waals surface area contributed by atoms with Crippen molar-refractivity contribution in [1.82, 2.24) is 4.90 Å². The summed E-state index contributed by atoms with van der Waals surface area (Å²) in [6.45, 7) is 9.67. The molecule has 1 rings (SSSR count). The summed E-state index contributed by atoms with van der Waals surface area (Å²) in [6.07, 6.45) is 6.97. The Kier molecular flexibility index (Phi) is 4.79. The fourth-order valence-electron chi connectivity index (χ4n) is 2.37. The maximum atomic E-state index is 2.70. The smallest absolute Gasteiger partial charge is 0.00982 e. The van der Waals surface area contributed by atoms with Crippen LogP contribution in [0.3, 0.4) is 0 Å². The second-order valence-corrected chi connectivity index (χ2v) is 4.58. The van der Waals surface area contributed by atoms with Crippen LogP contribution in [0.5, 0.6) is 0 Å². The summed E-state index contributed by atoms with van der Waals surface area (Å²) in [4.78, 5) is 2.70. The number of hydrogen-bond donors (Lipinski definition) is 0. The average Bonchev–Trinajstić information content (AvgIpc) is 2.54. The largest absolute Gasteiger partial charge is 0.300 e. The Morgan fingerprint density at radius 1 is 1.38 bits per heavy atom. The van der Waals surface area contributed by atoms with E-state index in [1.807, 2.05) is 0 Å². The molecule has 0 saturated carbocycles. The molecule has 0 bridgehead atoms. The highest BCUT2D eigenvalue weighted by molar-refractivity contribution is 4.79. The molecule has 2 atom stereocenters. The highest BCUT2D eigenvalue weighted by atomic mass is 15.2. The van der Waals surface area contributed by atoms with Crippen LogP contribution in [0.25, 0.3) is 0 Å². The third kappa shape index (κ3) is 3.30. The summed E-state index contributed by atoms with van der Waals surface area (Å²) in [5.74, 6) is 0.919. The monoisotopic (exact) mass is 183 g/mol. The van der Waals surface area contributed by atoms with Gasteiger partial charge in [-0.05, 0) is 44.7 Å². The second kappa shape index (κ2) is 5.64. The first-order chi connectivity index (χ1) is 6.27. The van der Waals surface area contributed by atoms with Gasteiger partial charge in [-0.25, -0.2) is 0 Å². The van der Waals surface area contributed by atoms with E-state index in [-0.39, 0.29) is 0 Å². The Morgan fingerprint density at radius 3 is 2.77 bits per heavy atom. The Hall–Kier alpha value is -0.0400. The van der Waals surface area contributed by atoms with Gasteiger partial charge in [0, 0.05) is 6.04 Å². The van der Waals surface area contributed by atoms with E-state index in [1.165, 1.54) is 45.2 Å². The molecule has 0 aliphatic carbocycles. The van der Waals surface area contributed by atoms with Gasteiger partial charge in [-0.1, -0.05) is 27.2 Å². The molecule has 1 aliphatic rings. The van der Waals surface area contributed by atoms with Crippen molar-refractivity contribution in [2.75, 3.05) is 13.1 Å². The van der Waals surface area contributed by atoms with Gasteiger partial charge in [0.1, 0.15) is 0 Å². The van der Waals surface area contributed by atoms with Crippen LogP contribution in [0.1, 0.15) is 52.9 Å². The van der Waals surface area contributed by atoms with Crippen molar-refractivity contribution in [2.45, 2.75) is 58.9 Å². The van der Waals surface area contributed by atoms with Crippen LogP contribution in [-0.2, 0) is 0 Å². The van der Waals surface area contributed by atoms with Crippen LogP contribution in [0.2, 0.25) is 0 Å². The molecule has 0 N–H and O–H groups in total. The molecule has 1 heteroatoms. The number of likely N-dealkylation sites (tertiary alicyclic amines) is 1. The number of hydrogen-bond acceptors (Lipinski definition) is 1. The van der Waals surface area contributed by atoms with Gasteiger partial charge in [-0.2, -0.15) is 0 Å². The van der Waals surface area contributed by atoms with E-state index in [0.29, 0.717) is 0 Å². The van der Waals surface area contributed by atoms with Gasteiger partial charge >= 0.3 is 0 Å². The van der Waals surface area contributed by atoms with Crippen LogP contribution in [0, 0.1) is 5.92 Å². The van der Waals surface area contributed by atoms with Gasteiger partial charge < -0.3 is 4.90 Å². The van der Waals surface area contributed by atoms with Crippen LogP contribution in [0.15, 0.2) is 0 Å². The van der Waals surface area contributed by atoms with Crippen molar-refractivity contribution in [3.63, 3.8) is 0 Å². The molecule has 0 aromatic rings. The van der Waals surface area contributed by atoms with Crippen molar-refractivity contribution in [2.24, 2.45) is 5.92 Å². The van der Waals surface area contributed by atoms with Crippen LogP contribution in [0.4, 0.5) is 0 Å². The second-order valence-electron chi connectivity index (χ2n) is 4.58. The maximum absolute atomic E-state index is 2.70. The van der Waals surface area contributed by atoms with Crippen LogP contribution >= 0.6 is 0 Å². The van der Waals surface area contributed by atoms with Gasteiger partial charge in [-0.15, -0.1) is 0 Å². The van der Waals surface area contributed by atoms with Crippen molar-refractivity contribution in [3.05, 3.63) is 0 Å². The highest BCUT2D eigenvalue weighted by Gasteiger charge is 2.24. The number of rotatable bonds is 5. The predicted octanol–water partition coefficient (Wildman–Crippen LogP) is 3.30. The molecule has 78 valence electrons. The molecule has 1 saturated heterocycles. The molecular weight excluding hydrogens is 158 g/mol. The fraction of sp³-hybridized carbons (Fsp3) is 1.00. The Morgan fingerprint density at radius 2 is 2.15 bits per heavy atom. The molecule has 0 aromatic carbocycles. The Balaban J connectivity index is 2.30. The molecule has 13 heavy (non-hydrogen) atoms. The first-order valence-electron chi connectivity index (χ1n) is 6.02. The molecule has 0 aromatic heterocycles. The quantitative estimate of drug-likeness (QED) is 0.632. The molecule has 1 fully saturated rings. The summed E-state index contributed by atoms with van der Waals surface area (Å²) in [5.41, 5.74) is 0. The van der Waals surface area contributed by atoms with E-state index in [2.05, 4.69) is 25.7 Å². The summed E-state index contributed by atoms with van der Waals surface area (Å²) < 4.78 is 0. The van der Waals surface area contributed by atoms with Crippen LogP contribution < -0.4 is 0 Å². The van der Waals surface area contributed by atoms with E-state index < -0.39 is 0 Å². The molecule has 0 radical (unpaired) electrons. The average molecular weight is 183 g/mol. The van der Waals surface area contributed by atoms with Gasteiger partial charge in [0.2, 0.25) is 0 Å². The Labute approximate surface area is 83.5 Å². The zero-order valence-electron chi connectivity index (χ0n) is 9.55. The zero-order chi connectivity index (χ0) is 9.68. The minimum absolute atomic E-state index is 0.912. The minimum Gasteiger partial charge on any atom is -0.300 e. The first kappa shape index (κ1) is 11.0. The topological polar surface area (TPSA) is 3.24 Å². The number of nitrogens with zero attached hydrogens (tertiary/aromatic N) is 1. The van der Waals surface area contributed by atoms with Gasteiger partial charge in [0.05, 0.1) is 0 Å². The molecule has 0 spiro atoms. The highest BCUT2D eigenvalue weighted by Crippen LogP contribution is 2.24. The van der Waals surface area contributed by atoms with E-state index in [1.54, 1.807) is 0 Å². The first-order valence-corrected chi connectivity index (χ1v) is 6.02. The van der Waals surface area contributed by atoms with E-state index in [9.17, 15) is 0 Å². The molecule has 1 aliphatic heterocycles. The minimum atomic E-state index is 0.912. The van der Waals surface area contributed by atoms with Crippen molar-refractivity contribution in [3.8, 4) is 0 Å². The molecule has 1 heterocycles. The van der Waals surface area contributed by atoms with Gasteiger partial charge in [0.25, 0.3) is 0 Å². The normalized spacial score (nSPS) is 26.5. The fourth-order valence-corrected chi connectivity index (χ4v) is 2.37. The van der Waals surface area contributed by atoms with Crippen LogP contribution in [-0.4, -0.2) is 24.0 Å². The van der Waals surface area contributed by atoms with Gasteiger partial charge in [-0.3, -0.25) is 0 Å². The summed E-state index contributed by atoms with van der Waals surface area (Å²) in [5, 5.41) is 0. The van der Waals surface area contributed by atoms with Gasteiger partial charge in [0.15, 0.2) is 0 Å². The van der Waals surface area contributed by atoms with E-state index in [0.717, 1.165) is 12.0 Å². The van der Waals surface area contributed by atoms with Crippen molar-refractivity contribution >= 4 is 0 Å². The standard InChI is InChI=1S/C12H25N/c1-4-8-13-9-6-7-12(13)10-11(3)5-2/h11-12H,4-10H2,1-3H3. The van der Waals surface area contributed by atoms with E-state index >= 15 is 0 Å². The van der Waals surface area contributed by atoms with Crippen molar-refractivity contribution in [1.29, 1.82) is 0 Å². The lowest BCUT2D eigenvalue weighted by atomic mass is 9.98. The lowest BCUT2D eigenvalue weighted by Crippen LogP contribution is -2.31. The molecular formula is C12H25N. The SMILES string of the molecule is CCCN1CCCC1CC(C)CC. The third-order valence-corrected chi connectivity index (χ3v) is 3.38. The lowest BCUT2D eigenvalue weighted by Gasteiger charge is -2.25. The Bertz CT molecular complexity index is 133. The summed E-state index contributed by atoms with van der Waals surface area (Å²) in [6, 6.07) is 0.912.